The molecule has 4 nitrogen and oxygen atoms in total. The number of para-hydroxylation sites is 1. The highest BCUT2D eigenvalue weighted by Gasteiger charge is 2.16. The first-order valence-electron chi connectivity index (χ1n) is 14.0. The molecule has 0 aliphatic rings. The highest BCUT2D eigenvalue weighted by molar-refractivity contribution is 6.13. The summed E-state index contributed by atoms with van der Waals surface area (Å²) in [5.74, 6) is 1.94. The minimum atomic E-state index is 0.638. The molecule has 0 bridgehead atoms. The van der Waals surface area contributed by atoms with Gasteiger partial charge in [-0.15, -0.1) is 0 Å². The fourth-order valence-corrected chi connectivity index (χ4v) is 5.62. The van der Waals surface area contributed by atoms with Crippen LogP contribution in [0.25, 0.3) is 77.7 Å². The molecule has 0 saturated carbocycles. The van der Waals surface area contributed by atoms with Crippen molar-refractivity contribution in [2.45, 2.75) is 0 Å². The molecule has 0 atom stereocenters. The van der Waals surface area contributed by atoms with Crippen molar-refractivity contribution in [1.82, 2.24) is 19.9 Å². The molecule has 8 aromatic rings. The molecule has 0 fully saturated rings. The zero-order valence-corrected chi connectivity index (χ0v) is 22.6. The summed E-state index contributed by atoms with van der Waals surface area (Å²) in [5, 5.41) is 5.79. The Kier molecular flexibility index (Phi) is 5.75. The predicted octanol–water partition coefficient (Wildman–Crippen LogP) is 9.39. The Bertz CT molecular complexity index is 2240. The van der Waals surface area contributed by atoms with E-state index in [2.05, 4.69) is 96.0 Å². The van der Waals surface area contributed by atoms with Crippen LogP contribution in [0.4, 0.5) is 0 Å². The van der Waals surface area contributed by atoms with Gasteiger partial charge in [0.05, 0.1) is 5.52 Å². The number of rotatable bonds is 4. The molecular weight excluding hydrogens is 512 g/mol. The predicted molar refractivity (Wildman–Crippen MR) is 172 cm³/mol. The maximum absolute atomic E-state index is 5.07. The minimum absolute atomic E-state index is 0.638. The average Bonchev–Trinajstić information content (AvgIpc) is 3.08. The van der Waals surface area contributed by atoms with E-state index in [1.54, 1.807) is 0 Å². The number of hydrogen-bond donors (Lipinski definition) is 0. The summed E-state index contributed by atoms with van der Waals surface area (Å²) in [6.45, 7) is 0. The highest BCUT2D eigenvalue weighted by Crippen LogP contribution is 2.35. The molecule has 0 saturated heterocycles. The minimum Gasteiger partial charge on any atom is -0.256 e. The summed E-state index contributed by atoms with van der Waals surface area (Å²) >= 11 is 0. The van der Waals surface area contributed by atoms with E-state index in [9.17, 15) is 0 Å². The van der Waals surface area contributed by atoms with Crippen molar-refractivity contribution in [1.29, 1.82) is 0 Å². The third-order valence-corrected chi connectivity index (χ3v) is 7.74. The topological polar surface area (TPSA) is 51.6 Å². The summed E-state index contributed by atoms with van der Waals surface area (Å²) in [6, 6.07) is 48.0. The molecule has 42 heavy (non-hydrogen) atoms. The lowest BCUT2D eigenvalue weighted by atomic mass is 9.97. The molecule has 2 heterocycles. The van der Waals surface area contributed by atoms with Crippen molar-refractivity contribution in [2.75, 3.05) is 0 Å². The summed E-state index contributed by atoms with van der Waals surface area (Å²) in [7, 11) is 0. The Morgan fingerprint density at radius 2 is 0.929 bits per heavy atom. The number of aromatic nitrogens is 4. The zero-order chi connectivity index (χ0) is 27.9. The lowest BCUT2D eigenvalue weighted by Gasteiger charge is -2.12. The molecule has 8 rings (SSSR count). The number of fused-ring (bicyclic) bond motifs is 4. The summed E-state index contributed by atoms with van der Waals surface area (Å²) in [5.41, 5.74) is 6.03. The largest absolute Gasteiger partial charge is 0.256 e. The van der Waals surface area contributed by atoms with Crippen LogP contribution in [0.15, 0.2) is 146 Å². The van der Waals surface area contributed by atoms with Crippen LogP contribution in [0.1, 0.15) is 0 Å². The highest BCUT2D eigenvalue weighted by atomic mass is 15.0. The van der Waals surface area contributed by atoms with Crippen LogP contribution < -0.4 is 0 Å². The van der Waals surface area contributed by atoms with Crippen molar-refractivity contribution >= 4 is 32.4 Å². The van der Waals surface area contributed by atoms with Crippen LogP contribution in [-0.4, -0.2) is 19.9 Å². The first-order chi connectivity index (χ1) is 20.8. The normalized spacial score (nSPS) is 11.3. The van der Waals surface area contributed by atoms with Gasteiger partial charge in [0.25, 0.3) is 0 Å². The van der Waals surface area contributed by atoms with Gasteiger partial charge >= 0.3 is 0 Å². The molecule has 6 aromatic carbocycles. The van der Waals surface area contributed by atoms with Crippen molar-refractivity contribution in [2.24, 2.45) is 0 Å². The number of nitrogens with zero attached hydrogens (tertiary/aromatic N) is 4. The van der Waals surface area contributed by atoms with E-state index in [0.29, 0.717) is 17.5 Å². The van der Waals surface area contributed by atoms with Crippen LogP contribution in [0.2, 0.25) is 0 Å². The van der Waals surface area contributed by atoms with E-state index in [0.717, 1.165) is 49.5 Å². The second-order valence-corrected chi connectivity index (χ2v) is 10.4. The van der Waals surface area contributed by atoms with Crippen molar-refractivity contribution in [3.63, 3.8) is 0 Å². The quantitative estimate of drug-likeness (QED) is 0.210. The van der Waals surface area contributed by atoms with E-state index in [-0.39, 0.29) is 0 Å². The molecular formula is C38H24N4. The summed E-state index contributed by atoms with van der Waals surface area (Å²) in [4.78, 5) is 19.7. The summed E-state index contributed by atoms with van der Waals surface area (Å²) < 4.78 is 0. The number of benzene rings is 6. The second-order valence-electron chi connectivity index (χ2n) is 10.4. The third-order valence-electron chi connectivity index (χ3n) is 7.74. The van der Waals surface area contributed by atoms with Gasteiger partial charge in [0.1, 0.15) is 0 Å². The molecule has 0 radical (unpaired) electrons. The van der Waals surface area contributed by atoms with Gasteiger partial charge in [-0.3, -0.25) is 4.98 Å². The van der Waals surface area contributed by atoms with E-state index in [4.69, 9.17) is 15.0 Å². The van der Waals surface area contributed by atoms with E-state index in [1.807, 2.05) is 54.7 Å². The summed E-state index contributed by atoms with van der Waals surface area (Å²) in [6.07, 6.45) is 1.93. The van der Waals surface area contributed by atoms with Gasteiger partial charge in [0, 0.05) is 33.8 Å². The number of pyridine rings is 1. The molecule has 4 heteroatoms. The Balaban J connectivity index is 1.29. The van der Waals surface area contributed by atoms with Gasteiger partial charge in [0.2, 0.25) is 0 Å². The van der Waals surface area contributed by atoms with Gasteiger partial charge < -0.3 is 0 Å². The van der Waals surface area contributed by atoms with Gasteiger partial charge in [-0.1, -0.05) is 121 Å². The van der Waals surface area contributed by atoms with Gasteiger partial charge in [-0.25, -0.2) is 15.0 Å². The third kappa shape index (κ3) is 4.27. The van der Waals surface area contributed by atoms with Crippen molar-refractivity contribution in [3.8, 4) is 45.3 Å². The molecule has 0 N–H and O–H groups in total. The van der Waals surface area contributed by atoms with E-state index >= 15 is 0 Å². The van der Waals surface area contributed by atoms with E-state index in [1.165, 1.54) is 10.8 Å². The van der Waals surface area contributed by atoms with Crippen LogP contribution in [0, 0.1) is 0 Å². The number of hydrogen-bond acceptors (Lipinski definition) is 4. The Hall–Kier alpha value is -5.74. The smallest absolute Gasteiger partial charge is 0.164 e. The second kappa shape index (κ2) is 10.0. The first kappa shape index (κ1) is 24.1. The van der Waals surface area contributed by atoms with Gasteiger partial charge in [-0.2, -0.15) is 0 Å². The van der Waals surface area contributed by atoms with Crippen LogP contribution in [0.5, 0.6) is 0 Å². The monoisotopic (exact) mass is 536 g/mol. The standard InChI is InChI=1S/C38H24N4/c1-2-10-26(11-3-1)36-40-37(27-20-18-25(19-21-27)30-22-29-13-5-9-17-35(29)39-24-30)42-38(41-36)34-23-28-12-4-6-14-31(28)32-15-7-8-16-33(32)34/h1-24H. The van der Waals surface area contributed by atoms with Crippen LogP contribution in [-0.2, 0) is 0 Å². The van der Waals surface area contributed by atoms with E-state index < -0.39 is 0 Å². The van der Waals surface area contributed by atoms with Crippen molar-refractivity contribution in [3.05, 3.63) is 146 Å². The SMILES string of the molecule is c1ccc(-c2nc(-c3ccc(-c4cnc5ccccc5c4)cc3)nc(-c3cc4ccccc4c4ccccc34)n2)cc1. The van der Waals surface area contributed by atoms with Crippen LogP contribution >= 0.6 is 0 Å². The molecule has 196 valence electrons. The Morgan fingerprint density at radius 3 is 1.71 bits per heavy atom. The molecule has 0 aliphatic heterocycles. The fourth-order valence-electron chi connectivity index (χ4n) is 5.62. The maximum Gasteiger partial charge on any atom is 0.164 e. The molecule has 0 spiro atoms. The lowest BCUT2D eigenvalue weighted by Crippen LogP contribution is -2.00. The lowest BCUT2D eigenvalue weighted by molar-refractivity contribution is 1.08. The van der Waals surface area contributed by atoms with Gasteiger partial charge in [-0.05, 0) is 45.3 Å². The molecule has 0 amide bonds. The van der Waals surface area contributed by atoms with Gasteiger partial charge in [0.15, 0.2) is 17.5 Å². The Labute approximate surface area is 243 Å². The zero-order valence-electron chi connectivity index (χ0n) is 22.6. The first-order valence-corrected chi connectivity index (χ1v) is 14.0. The van der Waals surface area contributed by atoms with Crippen molar-refractivity contribution < 1.29 is 0 Å². The van der Waals surface area contributed by atoms with Crippen LogP contribution in [0.3, 0.4) is 0 Å². The maximum atomic E-state index is 5.07. The Morgan fingerprint density at radius 1 is 0.357 bits per heavy atom. The average molecular weight is 537 g/mol. The fraction of sp³-hybridized carbons (Fsp3) is 0. The molecule has 0 unspecified atom stereocenters. The molecule has 0 aliphatic carbocycles. The molecule has 2 aromatic heterocycles.